The summed E-state index contributed by atoms with van der Waals surface area (Å²) in [6.45, 7) is 3.69. The molecule has 32 heavy (non-hydrogen) atoms. The molecule has 4 rings (SSSR count). The fraction of sp³-hybridized carbons (Fsp3) is 0.200. The summed E-state index contributed by atoms with van der Waals surface area (Å²) in [6.07, 6.45) is 2.18. The lowest BCUT2D eigenvalue weighted by molar-refractivity contribution is -0.123. The van der Waals surface area contributed by atoms with Crippen LogP contribution < -0.4 is 10.6 Å². The molecule has 2 amide bonds. The van der Waals surface area contributed by atoms with Crippen molar-refractivity contribution in [1.29, 1.82) is 0 Å². The third kappa shape index (κ3) is 4.70. The van der Waals surface area contributed by atoms with Crippen LogP contribution in [0.3, 0.4) is 0 Å². The molecular weight excluding hydrogens is 426 g/mol. The van der Waals surface area contributed by atoms with E-state index in [-0.39, 0.29) is 11.9 Å². The zero-order valence-corrected chi connectivity index (χ0v) is 18.6. The van der Waals surface area contributed by atoms with E-state index in [4.69, 9.17) is 16.0 Å². The normalized spacial score (nSPS) is 13.0. The Morgan fingerprint density at radius 2 is 1.78 bits per heavy atom. The lowest BCUT2D eigenvalue weighted by Crippen LogP contribution is -2.48. The highest BCUT2D eigenvalue weighted by Crippen LogP contribution is 2.21. The van der Waals surface area contributed by atoms with Gasteiger partial charge in [0.15, 0.2) is 0 Å². The Labute approximate surface area is 191 Å². The molecule has 4 aromatic rings. The van der Waals surface area contributed by atoms with Gasteiger partial charge in [0.05, 0.1) is 16.6 Å². The standard InChI is InChI=1S/C25H24ClN3O3/c1-15-11-12-23(32-15)16(2)28-25(31)22(29-24(30)19-8-3-5-9-20(19)26)13-17-14-27-21-10-6-4-7-18(17)21/h3-12,14,16,22,27H,13H2,1-2H3,(H,28,31)(H,29,30). The first-order chi connectivity index (χ1) is 15.4. The van der Waals surface area contributed by atoms with Crippen LogP contribution in [0, 0.1) is 6.92 Å². The Balaban J connectivity index is 1.58. The molecule has 0 fully saturated rings. The molecule has 0 aliphatic carbocycles. The fourth-order valence-corrected chi connectivity index (χ4v) is 3.90. The highest BCUT2D eigenvalue weighted by molar-refractivity contribution is 6.33. The van der Waals surface area contributed by atoms with E-state index in [1.165, 1.54) is 0 Å². The van der Waals surface area contributed by atoms with Crippen molar-refractivity contribution < 1.29 is 14.0 Å². The van der Waals surface area contributed by atoms with Crippen molar-refractivity contribution in [2.45, 2.75) is 32.4 Å². The molecule has 0 spiro atoms. The van der Waals surface area contributed by atoms with E-state index in [0.29, 0.717) is 22.8 Å². The quantitative estimate of drug-likeness (QED) is 0.373. The molecule has 0 aliphatic rings. The van der Waals surface area contributed by atoms with E-state index in [1.54, 1.807) is 24.3 Å². The summed E-state index contributed by atoms with van der Waals surface area (Å²) in [7, 11) is 0. The number of aromatic nitrogens is 1. The Morgan fingerprint density at radius 3 is 2.53 bits per heavy atom. The fourth-order valence-electron chi connectivity index (χ4n) is 3.68. The van der Waals surface area contributed by atoms with Gasteiger partial charge < -0.3 is 20.0 Å². The van der Waals surface area contributed by atoms with Crippen LogP contribution in [0.15, 0.2) is 71.3 Å². The zero-order valence-electron chi connectivity index (χ0n) is 17.8. The van der Waals surface area contributed by atoms with Crippen molar-refractivity contribution in [3.8, 4) is 0 Å². The topological polar surface area (TPSA) is 87.1 Å². The van der Waals surface area contributed by atoms with Gasteiger partial charge in [-0.25, -0.2) is 0 Å². The minimum absolute atomic E-state index is 0.308. The van der Waals surface area contributed by atoms with Crippen LogP contribution in [0.5, 0.6) is 0 Å². The Hall–Kier alpha value is -3.51. The molecule has 0 saturated heterocycles. The zero-order chi connectivity index (χ0) is 22.7. The van der Waals surface area contributed by atoms with Crippen molar-refractivity contribution in [3.63, 3.8) is 0 Å². The van der Waals surface area contributed by atoms with Crippen LogP contribution in [0.2, 0.25) is 5.02 Å². The number of para-hydroxylation sites is 1. The first-order valence-corrected chi connectivity index (χ1v) is 10.8. The number of carbonyl (C=O) groups is 2. The van der Waals surface area contributed by atoms with Crippen molar-refractivity contribution in [2.24, 2.45) is 0 Å². The first kappa shape index (κ1) is 21.7. The smallest absolute Gasteiger partial charge is 0.253 e. The van der Waals surface area contributed by atoms with Gasteiger partial charge in [-0.2, -0.15) is 0 Å². The molecule has 2 aromatic carbocycles. The third-order valence-corrected chi connectivity index (χ3v) is 5.72. The number of hydrogen-bond acceptors (Lipinski definition) is 3. The number of H-pyrrole nitrogens is 1. The van der Waals surface area contributed by atoms with Gasteiger partial charge in [0.2, 0.25) is 5.91 Å². The third-order valence-electron chi connectivity index (χ3n) is 5.39. The van der Waals surface area contributed by atoms with Crippen molar-refractivity contribution in [3.05, 3.63) is 94.5 Å². The Kier molecular flexibility index (Phi) is 6.32. The molecule has 2 heterocycles. The van der Waals surface area contributed by atoms with Gasteiger partial charge >= 0.3 is 0 Å². The van der Waals surface area contributed by atoms with E-state index in [1.807, 2.05) is 56.4 Å². The first-order valence-electron chi connectivity index (χ1n) is 10.4. The van der Waals surface area contributed by atoms with Crippen molar-refractivity contribution >= 4 is 34.3 Å². The van der Waals surface area contributed by atoms with E-state index >= 15 is 0 Å². The average molecular weight is 450 g/mol. The number of fused-ring (bicyclic) bond motifs is 1. The molecule has 164 valence electrons. The second-order valence-corrected chi connectivity index (χ2v) is 8.16. The number of carbonyl (C=O) groups excluding carboxylic acids is 2. The second-order valence-electron chi connectivity index (χ2n) is 7.75. The van der Waals surface area contributed by atoms with E-state index in [0.717, 1.165) is 22.2 Å². The largest absolute Gasteiger partial charge is 0.464 e. The predicted molar refractivity (Wildman–Crippen MR) is 125 cm³/mol. The number of nitrogens with one attached hydrogen (secondary N) is 3. The van der Waals surface area contributed by atoms with E-state index < -0.39 is 11.9 Å². The molecule has 0 saturated carbocycles. The van der Waals surface area contributed by atoms with Gasteiger partial charge in [-0.05, 0) is 49.7 Å². The van der Waals surface area contributed by atoms with Gasteiger partial charge in [0.25, 0.3) is 5.91 Å². The summed E-state index contributed by atoms with van der Waals surface area (Å²) < 4.78 is 5.63. The van der Waals surface area contributed by atoms with E-state index in [2.05, 4.69) is 15.6 Å². The average Bonchev–Trinajstić information content (AvgIpc) is 3.40. The maximum absolute atomic E-state index is 13.2. The molecule has 6 nitrogen and oxygen atoms in total. The summed E-state index contributed by atoms with van der Waals surface area (Å²) in [5, 5.41) is 7.15. The number of furan rings is 1. The predicted octanol–water partition coefficient (Wildman–Crippen LogP) is 4.94. The van der Waals surface area contributed by atoms with Gasteiger partial charge in [0.1, 0.15) is 17.6 Å². The van der Waals surface area contributed by atoms with Crippen molar-refractivity contribution in [1.82, 2.24) is 15.6 Å². The Morgan fingerprint density at radius 1 is 1.03 bits per heavy atom. The minimum atomic E-state index is -0.809. The van der Waals surface area contributed by atoms with Crippen LogP contribution in [-0.2, 0) is 11.2 Å². The summed E-state index contributed by atoms with van der Waals surface area (Å²) in [5.41, 5.74) is 2.22. The molecule has 0 aliphatic heterocycles. The summed E-state index contributed by atoms with van der Waals surface area (Å²) in [5.74, 6) is 0.705. The SMILES string of the molecule is Cc1ccc(C(C)NC(=O)C(Cc2c[nH]c3ccccc23)NC(=O)c2ccccc2Cl)o1. The highest BCUT2D eigenvalue weighted by atomic mass is 35.5. The molecule has 0 radical (unpaired) electrons. The van der Waals surface area contributed by atoms with Gasteiger partial charge in [-0.3, -0.25) is 9.59 Å². The monoisotopic (exact) mass is 449 g/mol. The maximum Gasteiger partial charge on any atom is 0.253 e. The van der Waals surface area contributed by atoms with Crippen LogP contribution in [0.1, 0.15) is 40.4 Å². The lowest BCUT2D eigenvalue weighted by atomic mass is 10.0. The van der Waals surface area contributed by atoms with Crippen LogP contribution in [-0.4, -0.2) is 22.8 Å². The van der Waals surface area contributed by atoms with Gasteiger partial charge in [-0.15, -0.1) is 0 Å². The number of aryl methyl sites for hydroxylation is 1. The number of rotatable bonds is 7. The summed E-state index contributed by atoms with van der Waals surface area (Å²) in [6, 6.07) is 17.1. The number of halogens is 1. The van der Waals surface area contributed by atoms with E-state index in [9.17, 15) is 9.59 Å². The van der Waals surface area contributed by atoms with Crippen LogP contribution >= 0.6 is 11.6 Å². The summed E-state index contributed by atoms with van der Waals surface area (Å²) >= 11 is 6.19. The molecular formula is C25H24ClN3O3. The number of benzene rings is 2. The molecule has 3 N–H and O–H groups in total. The van der Waals surface area contributed by atoms with Crippen LogP contribution in [0.25, 0.3) is 10.9 Å². The van der Waals surface area contributed by atoms with Gasteiger partial charge in [-0.1, -0.05) is 41.9 Å². The van der Waals surface area contributed by atoms with Gasteiger partial charge in [0, 0.05) is 23.5 Å². The summed E-state index contributed by atoms with van der Waals surface area (Å²) in [4.78, 5) is 29.4. The van der Waals surface area contributed by atoms with Crippen LogP contribution in [0.4, 0.5) is 0 Å². The molecule has 7 heteroatoms. The highest BCUT2D eigenvalue weighted by Gasteiger charge is 2.26. The molecule has 2 aromatic heterocycles. The molecule has 2 unspecified atom stereocenters. The second kappa shape index (κ2) is 9.32. The minimum Gasteiger partial charge on any atom is -0.464 e. The Bertz CT molecular complexity index is 1260. The molecule has 2 atom stereocenters. The number of hydrogen-bond donors (Lipinski definition) is 3. The number of aromatic amines is 1. The van der Waals surface area contributed by atoms with Crippen molar-refractivity contribution in [2.75, 3.05) is 0 Å². The molecule has 0 bridgehead atoms. The number of amides is 2. The lowest BCUT2D eigenvalue weighted by Gasteiger charge is -2.21. The maximum atomic E-state index is 13.2.